The SMILES string of the molecule is CNc1nccc(-c2ccc(C(=O)NCc3cccnc3)s2)n1. The van der Waals surface area contributed by atoms with Crippen molar-refractivity contribution in [1.82, 2.24) is 20.3 Å². The minimum absolute atomic E-state index is 0.104. The van der Waals surface area contributed by atoms with Gasteiger partial charge in [-0.3, -0.25) is 9.78 Å². The molecule has 3 aromatic heterocycles. The second kappa shape index (κ2) is 6.97. The number of nitrogens with one attached hydrogen (secondary N) is 2. The van der Waals surface area contributed by atoms with Crippen LogP contribution in [0.4, 0.5) is 5.95 Å². The van der Waals surface area contributed by atoms with Crippen molar-refractivity contribution in [3.8, 4) is 10.6 Å². The maximum Gasteiger partial charge on any atom is 0.261 e. The van der Waals surface area contributed by atoms with Crippen LogP contribution in [0.2, 0.25) is 0 Å². The lowest BCUT2D eigenvalue weighted by molar-refractivity contribution is 0.0955. The summed E-state index contributed by atoms with van der Waals surface area (Å²) in [5.74, 6) is 0.450. The number of thiophene rings is 1. The minimum Gasteiger partial charge on any atom is -0.357 e. The van der Waals surface area contributed by atoms with Crippen LogP contribution in [0.1, 0.15) is 15.2 Å². The molecule has 0 aliphatic carbocycles. The molecule has 2 N–H and O–H groups in total. The molecule has 0 aromatic carbocycles. The summed E-state index contributed by atoms with van der Waals surface area (Å²) in [6, 6.07) is 9.29. The molecule has 0 spiro atoms. The van der Waals surface area contributed by atoms with Gasteiger partial charge in [0, 0.05) is 32.2 Å². The highest BCUT2D eigenvalue weighted by Crippen LogP contribution is 2.26. The molecule has 0 saturated heterocycles. The maximum atomic E-state index is 12.2. The molecule has 3 heterocycles. The molecule has 7 heteroatoms. The van der Waals surface area contributed by atoms with E-state index >= 15 is 0 Å². The molecule has 6 nitrogen and oxygen atoms in total. The Kier molecular flexibility index (Phi) is 4.58. The Labute approximate surface area is 137 Å². The number of aromatic nitrogens is 3. The second-order valence-corrected chi connectivity index (χ2v) is 5.81. The number of carbonyl (C=O) groups is 1. The first-order chi connectivity index (χ1) is 11.3. The third kappa shape index (κ3) is 3.70. The van der Waals surface area contributed by atoms with Gasteiger partial charge in [0.1, 0.15) is 0 Å². The molecule has 0 unspecified atom stereocenters. The summed E-state index contributed by atoms with van der Waals surface area (Å²) >= 11 is 1.40. The summed E-state index contributed by atoms with van der Waals surface area (Å²) in [5, 5.41) is 5.79. The normalized spacial score (nSPS) is 10.3. The summed E-state index contributed by atoms with van der Waals surface area (Å²) in [6.07, 6.45) is 5.13. The van der Waals surface area contributed by atoms with Gasteiger partial charge in [0.15, 0.2) is 0 Å². The molecule has 23 heavy (non-hydrogen) atoms. The third-order valence-electron chi connectivity index (χ3n) is 3.14. The quantitative estimate of drug-likeness (QED) is 0.753. The van der Waals surface area contributed by atoms with Gasteiger partial charge in [0.2, 0.25) is 5.95 Å². The van der Waals surface area contributed by atoms with Gasteiger partial charge in [-0.05, 0) is 29.8 Å². The summed E-state index contributed by atoms with van der Waals surface area (Å²) in [4.78, 5) is 26.3. The third-order valence-corrected chi connectivity index (χ3v) is 4.24. The van der Waals surface area contributed by atoms with E-state index in [9.17, 15) is 4.79 Å². The summed E-state index contributed by atoms with van der Waals surface area (Å²) in [7, 11) is 1.77. The second-order valence-electron chi connectivity index (χ2n) is 4.72. The predicted molar refractivity (Wildman–Crippen MR) is 90.3 cm³/mol. The maximum absolute atomic E-state index is 12.2. The van der Waals surface area contributed by atoms with Crippen LogP contribution in [0.15, 0.2) is 48.9 Å². The number of pyridine rings is 1. The molecular weight excluding hydrogens is 310 g/mol. The molecule has 0 bridgehead atoms. The van der Waals surface area contributed by atoms with Crippen LogP contribution in [0, 0.1) is 0 Å². The molecular formula is C16H15N5OS. The minimum atomic E-state index is -0.104. The highest BCUT2D eigenvalue weighted by Gasteiger charge is 2.11. The molecule has 3 rings (SSSR count). The molecule has 0 aliphatic heterocycles. The number of hydrogen-bond acceptors (Lipinski definition) is 6. The van der Waals surface area contributed by atoms with Gasteiger partial charge in [-0.2, -0.15) is 0 Å². The fourth-order valence-corrected chi connectivity index (χ4v) is 2.88. The van der Waals surface area contributed by atoms with E-state index in [-0.39, 0.29) is 5.91 Å². The molecule has 0 atom stereocenters. The highest BCUT2D eigenvalue weighted by molar-refractivity contribution is 7.17. The molecule has 3 aromatic rings. The first-order valence-corrected chi connectivity index (χ1v) is 7.86. The van der Waals surface area contributed by atoms with Crippen LogP contribution in [-0.2, 0) is 6.54 Å². The lowest BCUT2D eigenvalue weighted by Gasteiger charge is -2.03. The van der Waals surface area contributed by atoms with Gasteiger partial charge in [-0.1, -0.05) is 6.07 Å². The van der Waals surface area contributed by atoms with Crippen molar-refractivity contribution in [2.45, 2.75) is 6.54 Å². The molecule has 0 aliphatic rings. The molecule has 116 valence electrons. The zero-order valence-corrected chi connectivity index (χ0v) is 13.3. The predicted octanol–water partition coefficient (Wildman–Crippen LogP) is 2.57. The standard InChI is InChI=1S/C16H15N5OS/c1-17-16-19-8-6-12(21-16)13-4-5-14(23-13)15(22)20-10-11-3-2-7-18-9-11/h2-9H,10H2,1H3,(H,20,22)(H,17,19,21). The Morgan fingerprint density at radius 1 is 1.22 bits per heavy atom. The summed E-state index contributed by atoms with van der Waals surface area (Å²) < 4.78 is 0. The van der Waals surface area contributed by atoms with E-state index in [0.29, 0.717) is 17.4 Å². The Morgan fingerprint density at radius 3 is 2.91 bits per heavy atom. The van der Waals surface area contributed by atoms with Crippen LogP contribution < -0.4 is 10.6 Å². The molecule has 0 saturated carbocycles. The first kappa shape index (κ1) is 15.1. The van der Waals surface area contributed by atoms with Gasteiger partial charge in [0.25, 0.3) is 5.91 Å². The average Bonchev–Trinajstić information content (AvgIpc) is 3.11. The van der Waals surface area contributed by atoms with Gasteiger partial charge >= 0.3 is 0 Å². The highest BCUT2D eigenvalue weighted by atomic mass is 32.1. The zero-order chi connectivity index (χ0) is 16.1. The van der Waals surface area contributed by atoms with E-state index < -0.39 is 0 Å². The van der Waals surface area contributed by atoms with E-state index in [4.69, 9.17) is 0 Å². The van der Waals surface area contributed by atoms with Crippen molar-refractivity contribution < 1.29 is 4.79 Å². The van der Waals surface area contributed by atoms with Gasteiger partial charge in [0.05, 0.1) is 15.4 Å². The fourth-order valence-electron chi connectivity index (χ4n) is 1.99. The topological polar surface area (TPSA) is 79.8 Å². The Hall–Kier alpha value is -2.80. The van der Waals surface area contributed by atoms with Crippen LogP contribution in [0.5, 0.6) is 0 Å². The largest absolute Gasteiger partial charge is 0.357 e. The van der Waals surface area contributed by atoms with Crippen molar-refractivity contribution >= 4 is 23.2 Å². The lowest BCUT2D eigenvalue weighted by Crippen LogP contribution is -2.21. The fraction of sp³-hybridized carbons (Fsp3) is 0.125. The lowest BCUT2D eigenvalue weighted by atomic mass is 10.3. The van der Waals surface area contributed by atoms with Crippen molar-refractivity contribution in [3.05, 3.63) is 59.4 Å². The zero-order valence-electron chi connectivity index (χ0n) is 12.5. The smallest absolute Gasteiger partial charge is 0.261 e. The van der Waals surface area contributed by atoms with E-state index in [1.165, 1.54) is 11.3 Å². The Bertz CT molecular complexity index is 803. The molecule has 0 fully saturated rings. The van der Waals surface area contributed by atoms with Crippen LogP contribution in [-0.4, -0.2) is 27.9 Å². The summed E-state index contributed by atoms with van der Waals surface area (Å²) in [5.41, 5.74) is 1.76. The van der Waals surface area contributed by atoms with Crippen molar-refractivity contribution in [2.24, 2.45) is 0 Å². The Balaban J connectivity index is 1.69. The number of hydrogen-bond donors (Lipinski definition) is 2. The molecule has 1 amide bonds. The van der Waals surface area contributed by atoms with Gasteiger partial charge in [-0.25, -0.2) is 9.97 Å². The van der Waals surface area contributed by atoms with E-state index in [0.717, 1.165) is 16.1 Å². The molecule has 0 radical (unpaired) electrons. The average molecular weight is 325 g/mol. The van der Waals surface area contributed by atoms with Crippen LogP contribution >= 0.6 is 11.3 Å². The van der Waals surface area contributed by atoms with E-state index in [1.54, 1.807) is 31.7 Å². The number of anilines is 1. The number of carbonyl (C=O) groups excluding carboxylic acids is 1. The number of nitrogens with zero attached hydrogens (tertiary/aromatic N) is 3. The monoisotopic (exact) mass is 325 g/mol. The van der Waals surface area contributed by atoms with Gasteiger partial charge in [-0.15, -0.1) is 11.3 Å². The van der Waals surface area contributed by atoms with E-state index in [2.05, 4.69) is 25.6 Å². The first-order valence-electron chi connectivity index (χ1n) is 7.04. The summed E-state index contributed by atoms with van der Waals surface area (Å²) in [6.45, 7) is 0.456. The van der Waals surface area contributed by atoms with Crippen LogP contribution in [0.25, 0.3) is 10.6 Å². The van der Waals surface area contributed by atoms with Gasteiger partial charge < -0.3 is 10.6 Å². The van der Waals surface area contributed by atoms with Crippen LogP contribution in [0.3, 0.4) is 0 Å². The van der Waals surface area contributed by atoms with Crippen molar-refractivity contribution in [1.29, 1.82) is 0 Å². The van der Waals surface area contributed by atoms with Crippen molar-refractivity contribution in [2.75, 3.05) is 12.4 Å². The Morgan fingerprint density at radius 2 is 2.13 bits per heavy atom. The van der Waals surface area contributed by atoms with Crippen molar-refractivity contribution in [3.63, 3.8) is 0 Å². The van der Waals surface area contributed by atoms with E-state index in [1.807, 2.05) is 24.3 Å². The number of rotatable bonds is 5. The number of amides is 1.